The summed E-state index contributed by atoms with van der Waals surface area (Å²) in [5.41, 5.74) is 1.64. The summed E-state index contributed by atoms with van der Waals surface area (Å²) in [6, 6.07) is 10.6. The summed E-state index contributed by atoms with van der Waals surface area (Å²) < 4.78 is 40.0. The molecule has 1 aliphatic carbocycles. The van der Waals surface area contributed by atoms with Crippen LogP contribution in [0.2, 0.25) is 0 Å². The second-order valence-electron chi connectivity index (χ2n) is 8.07. The number of carboxylic acid groups (broad SMARTS) is 1. The third kappa shape index (κ3) is 5.05. The SMILES string of the molecule is C[C@H](NC(=O)c1nnn(Cc2ccc(C(F)(F)F)cc2)c1C1CC1)c1ccc(C(=O)O)cc1. The summed E-state index contributed by atoms with van der Waals surface area (Å²) in [5.74, 6) is -1.32. The van der Waals surface area contributed by atoms with Gasteiger partial charge in [0, 0.05) is 5.92 Å². The number of nitrogens with zero attached hydrogens (tertiary/aromatic N) is 3. The number of benzene rings is 2. The van der Waals surface area contributed by atoms with Crippen LogP contribution in [0.15, 0.2) is 48.5 Å². The molecule has 0 saturated heterocycles. The lowest BCUT2D eigenvalue weighted by Gasteiger charge is -2.14. The van der Waals surface area contributed by atoms with E-state index in [-0.39, 0.29) is 23.7 Å². The molecule has 0 spiro atoms. The van der Waals surface area contributed by atoms with E-state index in [0.29, 0.717) is 11.3 Å². The molecule has 0 radical (unpaired) electrons. The molecule has 33 heavy (non-hydrogen) atoms. The van der Waals surface area contributed by atoms with E-state index < -0.39 is 29.7 Å². The number of amides is 1. The first-order valence-electron chi connectivity index (χ1n) is 10.4. The number of aromatic nitrogens is 3. The van der Waals surface area contributed by atoms with Gasteiger partial charge in [-0.15, -0.1) is 5.10 Å². The molecule has 10 heteroatoms. The first-order chi connectivity index (χ1) is 15.6. The van der Waals surface area contributed by atoms with Crippen LogP contribution in [-0.2, 0) is 12.7 Å². The number of aromatic carboxylic acids is 1. The summed E-state index contributed by atoms with van der Waals surface area (Å²) in [6.45, 7) is 1.98. The molecule has 0 aliphatic heterocycles. The highest BCUT2D eigenvalue weighted by Crippen LogP contribution is 2.41. The van der Waals surface area contributed by atoms with Crippen molar-refractivity contribution in [1.82, 2.24) is 20.3 Å². The van der Waals surface area contributed by atoms with Crippen molar-refractivity contribution < 1.29 is 27.9 Å². The standard InChI is InChI=1S/C23H21F3N4O3/c1-13(15-4-8-17(9-5-15)22(32)33)27-21(31)19-20(16-6-7-16)30(29-28-19)12-14-2-10-18(11-3-14)23(24,25)26/h2-5,8-11,13,16H,6-7,12H2,1H3,(H,27,31)(H,32,33)/t13-/m0/s1. The van der Waals surface area contributed by atoms with Crippen molar-refractivity contribution in [3.63, 3.8) is 0 Å². The average Bonchev–Trinajstić information content (AvgIpc) is 3.53. The lowest BCUT2D eigenvalue weighted by Crippen LogP contribution is -2.28. The Hall–Kier alpha value is -3.69. The maximum absolute atomic E-state index is 12.9. The van der Waals surface area contributed by atoms with Gasteiger partial charge in [-0.25, -0.2) is 9.48 Å². The molecule has 1 amide bonds. The second-order valence-corrected chi connectivity index (χ2v) is 8.07. The van der Waals surface area contributed by atoms with Crippen LogP contribution in [0.25, 0.3) is 0 Å². The summed E-state index contributed by atoms with van der Waals surface area (Å²) in [4.78, 5) is 23.9. The molecule has 3 aromatic rings. The number of nitrogens with one attached hydrogen (secondary N) is 1. The number of hydrogen-bond acceptors (Lipinski definition) is 4. The predicted molar refractivity (Wildman–Crippen MR) is 112 cm³/mol. The zero-order chi connectivity index (χ0) is 23.8. The molecule has 1 aliphatic rings. The topological polar surface area (TPSA) is 97.1 Å². The summed E-state index contributed by atoms with van der Waals surface area (Å²) in [7, 11) is 0. The Labute approximate surface area is 187 Å². The van der Waals surface area contributed by atoms with E-state index in [4.69, 9.17) is 5.11 Å². The van der Waals surface area contributed by atoms with Gasteiger partial charge in [0.15, 0.2) is 5.69 Å². The number of alkyl halides is 3. The van der Waals surface area contributed by atoms with Crippen LogP contribution < -0.4 is 5.32 Å². The Bertz CT molecular complexity index is 1170. The average molecular weight is 458 g/mol. The molecule has 0 unspecified atom stereocenters. The summed E-state index contributed by atoms with van der Waals surface area (Å²) in [6.07, 6.45) is -2.64. The van der Waals surface area contributed by atoms with Gasteiger partial charge in [-0.3, -0.25) is 4.79 Å². The smallest absolute Gasteiger partial charge is 0.416 e. The van der Waals surface area contributed by atoms with Gasteiger partial charge < -0.3 is 10.4 Å². The Morgan fingerprint density at radius 3 is 2.30 bits per heavy atom. The van der Waals surface area contributed by atoms with Gasteiger partial charge in [0.05, 0.1) is 29.4 Å². The van der Waals surface area contributed by atoms with Crippen molar-refractivity contribution in [3.8, 4) is 0 Å². The fourth-order valence-corrected chi connectivity index (χ4v) is 3.59. The van der Waals surface area contributed by atoms with E-state index in [1.54, 1.807) is 23.7 Å². The van der Waals surface area contributed by atoms with E-state index in [0.717, 1.165) is 30.5 Å². The number of rotatable bonds is 7. The summed E-state index contributed by atoms with van der Waals surface area (Å²) >= 11 is 0. The van der Waals surface area contributed by atoms with E-state index in [2.05, 4.69) is 15.6 Å². The van der Waals surface area contributed by atoms with Crippen LogP contribution >= 0.6 is 0 Å². The van der Waals surface area contributed by atoms with E-state index in [1.807, 2.05) is 0 Å². The third-order valence-electron chi connectivity index (χ3n) is 5.57. The van der Waals surface area contributed by atoms with Crippen LogP contribution in [0.5, 0.6) is 0 Å². The third-order valence-corrected chi connectivity index (χ3v) is 5.57. The van der Waals surface area contributed by atoms with Crippen molar-refractivity contribution in [2.45, 2.75) is 44.4 Å². The molecule has 1 atom stereocenters. The minimum atomic E-state index is -4.40. The van der Waals surface area contributed by atoms with Crippen LogP contribution in [-0.4, -0.2) is 32.0 Å². The van der Waals surface area contributed by atoms with Crippen molar-refractivity contribution in [2.75, 3.05) is 0 Å². The number of hydrogen-bond donors (Lipinski definition) is 2. The molecule has 7 nitrogen and oxygen atoms in total. The number of halogens is 3. The van der Waals surface area contributed by atoms with Crippen molar-refractivity contribution in [2.24, 2.45) is 0 Å². The summed E-state index contributed by atoms with van der Waals surface area (Å²) in [5, 5.41) is 20.0. The molecule has 1 aromatic heterocycles. The minimum absolute atomic E-state index is 0.125. The molecule has 0 bridgehead atoms. The van der Waals surface area contributed by atoms with Gasteiger partial charge in [0.2, 0.25) is 0 Å². The number of carboxylic acids is 1. The quantitative estimate of drug-likeness (QED) is 0.547. The van der Waals surface area contributed by atoms with Crippen LogP contribution in [0.4, 0.5) is 13.2 Å². The Morgan fingerprint density at radius 2 is 1.76 bits per heavy atom. The first kappa shape index (κ1) is 22.5. The van der Waals surface area contributed by atoms with Gasteiger partial charge in [0.25, 0.3) is 5.91 Å². The minimum Gasteiger partial charge on any atom is -0.478 e. The lowest BCUT2D eigenvalue weighted by molar-refractivity contribution is -0.137. The zero-order valence-electron chi connectivity index (χ0n) is 17.6. The van der Waals surface area contributed by atoms with Gasteiger partial charge in [0.1, 0.15) is 0 Å². The van der Waals surface area contributed by atoms with E-state index in [9.17, 15) is 22.8 Å². The Balaban J connectivity index is 1.50. The molecule has 2 aromatic carbocycles. The van der Waals surface area contributed by atoms with Crippen molar-refractivity contribution in [3.05, 3.63) is 82.2 Å². The maximum atomic E-state index is 12.9. The fraction of sp³-hybridized carbons (Fsp3) is 0.304. The Morgan fingerprint density at radius 1 is 1.12 bits per heavy atom. The van der Waals surface area contributed by atoms with Gasteiger partial charge in [-0.2, -0.15) is 13.2 Å². The molecule has 4 rings (SSSR count). The van der Waals surface area contributed by atoms with Crippen molar-refractivity contribution in [1.29, 1.82) is 0 Å². The maximum Gasteiger partial charge on any atom is 0.416 e. The lowest BCUT2D eigenvalue weighted by atomic mass is 10.1. The molecule has 172 valence electrons. The number of carbonyl (C=O) groups excluding carboxylic acids is 1. The molecular formula is C23H21F3N4O3. The first-order valence-corrected chi connectivity index (χ1v) is 10.4. The van der Waals surface area contributed by atoms with Crippen LogP contribution in [0.3, 0.4) is 0 Å². The monoisotopic (exact) mass is 458 g/mol. The van der Waals surface area contributed by atoms with Crippen molar-refractivity contribution >= 4 is 11.9 Å². The van der Waals surface area contributed by atoms with Gasteiger partial charge in [-0.1, -0.05) is 29.5 Å². The van der Waals surface area contributed by atoms with Crippen LogP contribution in [0.1, 0.15) is 75.0 Å². The molecule has 1 saturated carbocycles. The predicted octanol–water partition coefficient (Wildman–Crippen LogP) is 4.41. The molecule has 2 N–H and O–H groups in total. The van der Waals surface area contributed by atoms with Gasteiger partial charge >= 0.3 is 12.1 Å². The highest BCUT2D eigenvalue weighted by Gasteiger charge is 2.34. The van der Waals surface area contributed by atoms with Crippen LogP contribution in [0, 0.1) is 0 Å². The Kier molecular flexibility index (Phi) is 5.92. The highest BCUT2D eigenvalue weighted by atomic mass is 19.4. The molecular weight excluding hydrogens is 437 g/mol. The fourth-order valence-electron chi connectivity index (χ4n) is 3.59. The largest absolute Gasteiger partial charge is 0.478 e. The zero-order valence-corrected chi connectivity index (χ0v) is 17.6. The number of carbonyl (C=O) groups is 2. The van der Waals surface area contributed by atoms with E-state index in [1.165, 1.54) is 24.3 Å². The van der Waals surface area contributed by atoms with E-state index >= 15 is 0 Å². The highest BCUT2D eigenvalue weighted by molar-refractivity contribution is 5.94. The molecule has 1 fully saturated rings. The normalized spacial score (nSPS) is 14.7. The second kappa shape index (κ2) is 8.68. The molecule has 1 heterocycles. The van der Waals surface area contributed by atoms with Gasteiger partial charge in [-0.05, 0) is 55.2 Å².